The molecule has 7 heteroatoms. The van der Waals surface area contributed by atoms with Crippen molar-refractivity contribution < 1.29 is 9.53 Å². The van der Waals surface area contributed by atoms with E-state index in [0.29, 0.717) is 6.54 Å². The normalized spacial score (nSPS) is 17.1. The number of rotatable bonds is 5. The first kappa shape index (κ1) is 15.8. The maximum absolute atomic E-state index is 11.9. The van der Waals surface area contributed by atoms with E-state index in [1.165, 1.54) is 0 Å². The van der Waals surface area contributed by atoms with Crippen molar-refractivity contribution in [2.24, 2.45) is 7.05 Å². The number of nitrogens with zero attached hydrogens (tertiary/aromatic N) is 3. The molecule has 21 heavy (non-hydrogen) atoms. The summed E-state index contributed by atoms with van der Waals surface area (Å²) in [6.07, 6.45) is 4.48. The fourth-order valence-corrected chi connectivity index (χ4v) is 2.37. The topological polar surface area (TPSA) is 81.1 Å². The van der Waals surface area contributed by atoms with Crippen molar-refractivity contribution >= 4 is 6.09 Å². The van der Waals surface area contributed by atoms with Crippen LogP contribution in [0.3, 0.4) is 0 Å². The molecule has 0 aromatic carbocycles. The molecule has 1 aromatic heterocycles. The summed E-state index contributed by atoms with van der Waals surface area (Å²) >= 11 is 0. The minimum atomic E-state index is -0.469. The molecule has 0 radical (unpaired) electrons. The predicted molar refractivity (Wildman–Crippen MR) is 78.7 cm³/mol. The average molecular weight is 295 g/mol. The fourth-order valence-electron chi connectivity index (χ4n) is 2.37. The van der Waals surface area contributed by atoms with Gasteiger partial charge in [-0.2, -0.15) is 0 Å². The van der Waals surface area contributed by atoms with E-state index in [2.05, 4.69) is 20.9 Å². The zero-order valence-electron chi connectivity index (χ0n) is 13.3. The van der Waals surface area contributed by atoms with Gasteiger partial charge in [0, 0.05) is 20.1 Å². The van der Waals surface area contributed by atoms with Crippen LogP contribution in [0.15, 0.2) is 6.20 Å². The van der Waals surface area contributed by atoms with Gasteiger partial charge in [0.25, 0.3) is 0 Å². The van der Waals surface area contributed by atoms with Crippen LogP contribution in [0.4, 0.5) is 4.79 Å². The van der Waals surface area contributed by atoms with Crippen molar-refractivity contribution in [2.45, 2.75) is 57.7 Å². The molecule has 1 fully saturated rings. The van der Waals surface area contributed by atoms with Crippen LogP contribution >= 0.6 is 0 Å². The number of ether oxygens (including phenoxy) is 1. The second-order valence-corrected chi connectivity index (χ2v) is 6.71. The Bertz CT molecular complexity index is 488. The van der Waals surface area contributed by atoms with E-state index in [-0.39, 0.29) is 11.6 Å². The van der Waals surface area contributed by atoms with Crippen molar-refractivity contribution in [3.63, 3.8) is 0 Å². The standard InChI is InChI=1S/C14H25N5O2/c1-13(2,3)21-12(20)17-14(6-5-7-14)10-15-8-11-9-16-18-19(11)4/h9,15H,5-8,10H2,1-4H3,(H,17,20). The van der Waals surface area contributed by atoms with E-state index < -0.39 is 5.60 Å². The average Bonchev–Trinajstić information content (AvgIpc) is 2.69. The molecule has 7 nitrogen and oxygen atoms in total. The maximum atomic E-state index is 11.9. The quantitative estimate of drug-likeness (QED) is 0.857. The molecule has 0 aliphatic heterocycles. The Morgan fingerprint density at radius 3 is 2.67 bits per heavy atom. The molecule has 1 saturated carbocycles. The van der Waals surface area contributed by atoms with Gasteiger partial charge in [-0.05, 0) is 40.0 Å². The summed E-state index contributed by atoms with van der Waals surface area (Å²) in [4.78, 5) is 11.9. The highest BCUT2D eigenvalue weighted by Gasteiger charge is 2.39. The second-order valence-electron chi connectivity index (χ2n) is 6.71. The highest BCUT2D eigenvalue weighted by molar-refractivity contribution is 5.69. The number of hydrogen-bond acceptors (Lipinski definition) is 5. The van der Waals surface area contributed by atoms with E-state index in [0.717, 1.165) is 31.5 Å². The number of carbonyl (C=O) groups is 1. The van der Waals surface area contributed by atoms with Crippen molar-refractivity contribution in [3.05, 3.63) is 11.9 Å². The Balaban J connectivity index is 1.81. The molecule has 118 valence electrons. The van der Waals surface area contributed by atoms with Crippen LogP contribution in [0.5, 0.6) is 0 Å². The minimum Gasteiger partial charge on any atom is -0.444 e. The molecule has 0 unspecified atom stereocenters. The summed E-state index contributed by atoms with van der Waals surface area (Å²) in [5.74, 6) is 0. The van der Waals surface area contributed by atoms with Crippen LogP contribution in [0.2, 0.25) is 0 Å². The number of aromatic nitrogens is 3. The molecule has 1 amide bonds. The fraction of sp³-hybridized carbons (Fsp3) is 0.786. The molecule has 1 aliphatic rings. The lowest BCUT2D eigenvalue weighted by atomic mass is 9.76. The van der Waals surface area contributed by atoms with Crippen LogP contribution in [-0.4, -0.2) is 38.8 Å². The van der Waals surface area contributed by atoms with Gasteiger partial charge >= 0.3 is 6.09 Å². The van der Waals surface area contributed by atoms with Crippen LogP contribution in [-0.2, 0) is 18.3 Å². The molecule has 0 saturated heterocycles. The Morgan fingerprint density at radius 2 is 2.19 bits per heavy atom. The third-order valence-electron chi connectivity index (χ3n) is 3.65. The molecule has 0 bridgehead atoms. The monoisotopic (exact) mass is 295 g/mol. The van der Waals surface area contributed by atoms with Gasteiger partial charge < -0.3 is 15.4 Å². The number of nitrogens with one attached hydrogen (secondary N) is 2. The van der Waals surface area contributed by atoms with Gasteiger partial charge in [0.05, 0.1) is 17.4 Å². The highest BCUT2D eigenvalue weighted by atomic mass is 16.6. The molecule has 1 aromatic rings. The number of hydrogen-bond donors (Lipinski definition) is 2. The van der Waals surface area contributed by atoms with Gasteiger partial charge in [-0.15, -0.1) is 5.10 Å². The molecule has 1 aliphatic carbocycles. The molecule has 1 heterocycles. The lowest BCUT2D eigenvalue weighted by Gasteiger charge is -2.42. The van der Waals surface area contributed by atoms with Gasteiger partial charge in [-0.3, -0.25) is 4.68 Å². The van der Waals surface area contributed by atoms with E-state index in [9.17, 15) is 4.79 Å². The minimum absolute atomic E-state index is 0.186. The molecule has 2 rings (SSSR count). The molecule has 0 spiro atoms. The van der Waals surface area contributed by atoms with Crippen LogP contribution in [0.25, 0.3) is 0 Å². The van der Waals surface area contributed by atoms with Crippen molar-refractivity contribution in [3.8, 4) is 0 Å². The van der Waals surface area contributed by atoms with Gasteiger partial charge in [-0.1, -0.05) is 5.21 Å². The van der Waals surface area contributed by atoms with Gasteiger partial charge in [-0.25, -0.2) is 4.79 Å². The summed E-state index contributed by atoms with van der Waals surface area (Å²) in [6, 6.07) is 0. The highest BCUT2D eigenvalue weighted by Crippen LogP contribution is 2.31. The lowest BCUT2D eigenvalue weighted by molar-refractivity contribution is 0.0382. The first-order valence-corrected chi connectivity index (χ1v) is 7.35. The summed E-state index contributed by atoms with van der Waals surface area (Å²) in [6.45, 7) is 7.01. The van der Waals surface area contributed by atoms with Crippen LogP contribution in [0, 0.1) is 0 Å². The zero-order valence-corrected chi connectivity index (χ0v) is 13.3. The maximum Gasteiger partial charge on any atom is 0.408 e. The smallest absolute Gasteiger partial charge is 0.408 e. The third kappa shape index (κ3) is 4.42. The largest absolute Gasteiger partial charge is 0.444 e. The van der Waals surface area contributed by atoms with E-state index >= 15 is 0 Å². The SMILES string of the molecule is Cn1nncc1CNCC1(NC(=O)OC(C)(C)C)CCC1. The van der Waals surface area contributed by atoms with Gasteiger partial charge in [0.15, 0.2) is 0 Å². The molecular weight excluding hydrogens is 270 g/mol. The van der Waals surface area contributed by atoms with Crippen molar-refractivity contribution in [1.82, 2.24) is 25.6 Å². The molecular formula is C14H25N5O2. The molecule has 2 N–H and O–H groups in total. The van der Waals surface area contributed by atoms with Crippen LogP contribution in [0.1, 0.15) is 45.7 Å². The Kier molecular flexibility index (Phi) is 4.51. The van der Waals surface area contributed by atoms with Crippen molar-refractivity contribution in [1.29, 1.82) is 0 Å². The second kappa shape index (κ2) is 6.01. The number of alkyl carbamates (subject to hydrolysis) is 1. The van der Waals surface area contributed by atoms with Gasteiger partial charge in [0.2, 0.25) is 0 Å². The Morgan fingerprint density at radius 1 is 1.48 bits per heavy atom. The first-order chi connectivity index (χ1) is 9.80. The number of amides is 1. The zero-order chi connectivity index (χ0) is 15.5. The molecule has 0 atom stereocenters. The van der Waals surface area contributed by atoms with E-state index in [1.807, 2.05) is 27.8 Å². The summed E-state index contributed by atoms with van der Waals surface area (Å²) in [5.41, 5.74) is 0.360. The van der Waals surface area contributed by atoms with Crippen LogP contribution < -0.4 is 10.6 Å². The Hall–Kier alpha value is -1.63. The van der Waals surface area contributed by atoms with E-state index in [4.69, 9.17) is 4.74 Å². The number of carbonyl (C=O) groups excluding carboxylic acids is 1. The summed E-state index contributed by atoms with van der Waals surface area (Å²) < 4.78 is 7.08. The predicted octanol–water partition coefficient (Wildman–Crippen LogP) is 1.35. The third-order valence-corrected chi connectivity index (χ3v) is 3.65. The first-order valence-electron chi connectivity index (χ1n) is 7.35. The number of aryl methyl sites for hydroxylation is 1. The van der Waals surface area contributed by atoms with Crippen molar-refractivity contribution in [2.75, 3.05) is 6.54 Å². The lowest BCUT2D eigenvalue weighted by Crippen LogP contribution is -2.59. The Labute approximate surface area is 125 Å². The van der Waals surface area contributed by atoms with Gasteiger partial charge in [0.1, 0.15) is 5.60 Å². The van der Waals surface area contributed by atoms with E-state index in [1.54, 1.807) is 10.9 Å². The summed E-state index contributed by atoms with van der Waals surface area (Å²) in [7, 11) is 1.86. The summed E-state index contributed by atoms with van der Waals surface area (Å²) in [5, 5.41) is 14.1.